The third-order valence-corrected chi connectivity index (χ3v) is 4.26. The topological polar surface area (TPSA) is 25.8 Å². The molecular weight excluding hydrogens is 228 g/mol. The van der Waals surface area contributed by atoms with Crippen molar-refractivity contribution in [2.75, 3.05) is 0 Å². The molecule has 0 aliphatic heterocycles. The summed E-state index contributed by atoms with van der Waals surface area (Å²) in [6, 6.07) is 0. The summed E-state index contributed by atoms with van der Waals surface area (Å²) in [6.45, 7) is 8.72. The third kappa shape index (κ3) is 3.35. The van der Waals surface area contributed by atoms with E-state index in [4.69, 9.17) is 11.6 Å². The fourth-order valence-corrected chi connectivity index (χ4v) is 2.53. The molecule has 0 N–H and O–H groups in total. The van der Waals surface area contributed by atoms with E-state index in [1.54, 1.807) is 11.8 Å². The zero-order valence-corrected chi connectivity index (χ0v) is 11.2. The molecule has 1 atom stereocenters. The summed E-state index contributed by atoms with van der Waals surface area (Å²) in [5.41, 5.74) is 1.07. The van der Waals surface area contributed by atoms with Crippen LogP contribution in [0, 0.1) is 5.92 Å². The lowest BCUT2D eigenvalue weighted by Gasteiger charge is -2.16. The molecule has 0 saturated carbocycles. The highest BCUT2D eigenvalue weighted by molar-refractivity contribution is 7.99. The molecule has 15 heavy (non-hydrogen) atoms. The van der Waals surface area contributed by atoms with Gasteiger partial charge in [0, 0.05) is 10.8 Å². The number of aromatic nitrogens is 2. The Hall–Kier alpha value is -0.280. The quantitative estimate of drug-likeness (QED) is 0.595. The fourth-order valence-electron chi connectivity index (χ4n) is 1.09. The van der Waals surface area contributed by atoms with Gasteiger partial charge in [0.25, 0.3) is 0 Å². The van der Waals surface area contributed by atoms with E-state index in [0.29, 0.717) is 16.3 Å². The second kappa shape index (κ2) is 5.71. The Labute approximate surface area is 101 Å². The Morgan fingerprint density at radius 2 is 2.00 bits per heavy atom. The maximum Gasteiger partial charge on any atom is 0.136 e. The summed E-state index contributed by atoms with van der Waals surface area (Å²) >= 11 is 7.81. The van der Waals surface area contributed by atoms with Gasteiger partial charge in [0.05, 0.1) is 0 Å². The van der Waals surface area contributed by atoms with Crippen molar-refractivity contribution in [2.45, 2.75) is 44.4 Å². The normalized spacial score (nSPS) is 13.2. The monoisotopic (exact) mass is 244 g/mol. The van der Waals surface area contributed by atoms with Crippen LogP contribution in [0.1, 0.15) is 33.3 Å². The molecule has 1 aromatic rings. The molecule has 0 aromatic carbocycles. The van der Waals surface area contributed by atoms with Gasteiger partial charge in [-0.05, 0) is 12.3 Å². The lowest BCUT2D eigenvalue weighted by atomic mass is 10.2. The second-order valence-electron chi connectivity index (χ2n) is 3.87. The van der Waals surface area contributed by atoms with E-state index < -0.39 is 0 Å². The van der Waals surface area contributed by atoms with Crippen LogP contribution in [0.5, 0.6) is 0 Å². The molecule has 4 heteroatoms. The molecule has 0 bridgehead atoms. The lowest BCUT2D eigenvalue weighted by molar-refractivity contribution is 0.641. The molecule has 1 aromatic heterocycles. The van der Waals surface area contributed by atoms with E-state index in [1.807, 2.05) is 0 Å². The standard InChI is InChI=1S/C11H17ClN2S/c1-5-9-10(12)13-6-14-11(9)15-8(4)7(2)3/h6-8H,5H2,1-4H3. The van der Waals surface area contributed by atoms with E-state index in [0.717, 1.165) is 17.0 Å². The molecule has 1 unspecified atom stereocenters. The maximum absolute atomic E-state index is 6.03. The van der Waals surface area contributed by atoms with Crippen molar-refractivity contribution < 1.29 is 0 Å². The summed E-state index contributed by atoms with van der Waals surface area (Å²) in [6.07, 6.45) is 2.42. The van der Waals surface area contributed by atoms with Gasteiger partial charge in [-0.25, -0.2) is 9.97 Å². The maximum atomic E-state index is 6.03. The number of rotatable bonds is 4. The molecule has 0 saturated heterocycles. The summed E-state index contributed by atoms with van der Waals surface area (Å²) in [7, 11) is 0. The predicted molar refractivity (Wildman–Crippen MR) is 66.6 cm³/mol. The third-order valence-electron chi connectivity index (χ3n) is 2.44. The highest BCUT2D eigenvalue weighted by Crippen LogP contribution is 2.31. The van der Waals surface area contributed by atoms with E-state index in [2.05, 4.69) is 37.7 Å². The molecule has 0 aliphatic rings. The van der Waals surface area contributed by atoms with Gasteiger partial charge in [-0.3, -0.25) is 0 Å². The smallest absolute Gasteiger partial charge is 0.136 e. The molecular formula is C11H17ClN2S. The van der Waals surface area contributed by atoms with Crippen LogP contribution in [-0.4, -0.2) is 15.2 Å². The SMILES string of the molecule is CCc1c(Cl)ncnc1SC(C)C(C)C. The Bertz CT molecular complexity index is 328. The second-order valence-corrected chi connectivity index (χ2v) is 5.59. The van der Waals surface area contributed by atoms with E-state index in [1.165, 1.54) is 6.33 Å². The van der Waals surface area contributed by atoms with E-state index in [-0.39, 0.29) is 0 Å². The van der Waals surface area contributed by atoms with Crippen LogP contribution >= 0.6 is 23.4 Å². The lowest BCUT2D eigenvalue weighted by Crippen LogP contribution is -2.07. The van der Waals surface area contributed by atoms with Crippen molar-refractivity contribution in [2.24, 2.45) is 5.92 Å². The fraction of sp³-hybridized carbons (Fsp3) is 0.636. The average Bonchev–Trinajstić information content (AvgIpc) is 2.18. The van der Waals surface area contributed by atoms with Gasteiger partial charge in [0.15, 0.2) is 0 Å². The first-order chi connectivity index (χ1) is 7.06. The first-order valence-electron chi connectivity index (χ1n) is 5.22. The number of hydrogen-bond donors (Lipinski definition) is 0. The molecule has 0 spiro atoms. The number of hydrogen-bond acceptors (Lipinski definition) is 3. The minimum absolute atomic E-state index is 0.543. The average molecular weight is 245 g/mol. The van der Waals surface area contributed by atoms with Crippen molar-refractivity contribution in [3.05, 3.63) is 17.0 Å². The zero-order chi connectivity index (χ0) is 11.4. The predicted octanol–water partition coefficient (Wildman–Crippen LogP) is 3.83. The number of halogens is 1. The van der Waals surface area contributed by atoms with Crippen LogP contribution in [0.25, 0.3) is 0 Å². The van der Waals surface area contributed by atoms with Crippen LogP contribution in [0.15, 0.2) is 11.4 Å². The van der Waals surface area contributed by atoms with Crippen molar-refractivity contribution in [1.29, 1.82) is 0 Å². The summed E-state index contributed by atoms with van der Waals surface area (Å²) in [5, 5.41) is 2.16. The van der Waals surface area contributed by atoms with Crippen LogP contribution in [0.3, 0.4) is 0 Å². The number of thioether (sulfide) groups is 1. The molecule has 0 radical (unpaired) electrons. The summed E-state index contributed by atoms with van der Waals surface area (Å²) in [5.74, 6) is 0.633. The molecule has 2 nitrogen and oxygen atoms in total. The molecule has 1 heterocycles. The van der Waals surface area contributed by atoms with Crippen LogP contribution in [-0.2, 0) is 6.42 Å². The minimum Gasteiger partial charge on any atom is -0.230 e. The molecule has 0 fully saturated rings. The van der Waals surface area contributed by atoms with Gasteiger partial charge in [0.1, 0.15) is 16.5 Å². The molecule has 0 amide bonds. The van der Waals surface area contributed by atoms with E-state index >= 15 is 0 Å². The van der Waals surface area contributed by atoms with Gasteiger partial charge >= 0.3 is 0 Å². The molecule has 0 aliphatic carbocycles. The van der Waals surface area contributed by atoms with Crippen molar-refractivity contribution >= 4 is 23.4 Å². The Morgan fingerprint density at radius 3 is 2.53 bits per heavy atom. The highest BCUT2D eigenvalue weighted by atomic mass is 35.5. The molecule has 1 rings (SSSR count). The van der Waals surface area contributed by atoms with Crippen LogP contribution in [0.4, 0.5) is 0 Å². The highest BCUT2D eigenvalue weighted by Gasteiger charge is 2.14. The first kappa shape index (κ1) is 12.8. The van der Waals surface area contributed by atoms with Gasteiger partial charge < -0.3 is 0 Å². The Morgan fingerprint density at radius 1 is 1.33 bits per heavy atom. The summed E-state index contributed by atoms with van der Waals surface area (Å²) < 4.78 is 0. The summed E-state index contributed by atoms with van der Waals surface area (Å²) in [4.78, 5) is 8.30. The van der Waals surface area contributed by atoms with Crippen molar-refractivity contribution in [3.63, 3.8) is 0 Å². The Kier molecular flexibility index (Phi) is 4.87. The van der Waals surface area contributed by atoms with Crippen molar-refractivity contribution in [1.82, 2.24) is 9.97 Å². The minimum atomic E-state index is 0.543. The van der Waals surface area contributed by atoms with Crippen LogP contribution < -0.4 is 0 Å². The van der Waals surface area contributed by atoms with Gasteiger partial charge in [0.2, 0.25) is 0 Å². The van der Waals surface area contributed by atoms with Gasteiger partial charge in [-0.2, -0.15) is 0 Å². The van der Waals surface area contributed by atoms with Crippen molar-refractivity contribution in [3.8, 4) is 0 Å². The van der Waals surface area contributed by atoms with Gasteiger partial charge in [-0.1, -0.05) is 39.3 Å². The zero-order valence-electron chi connectivity index (χ0n) is 9.62. The first-order valence-corrected chi connectivity index (χ1v) is 6.48. The largest absolute Gasteiger partial charge is 0.230 e. The number of nitrogens with zero attached hydrogens (tertiary/aromatic N) is 2. The van der Waals surface area contributed by atoms with Gasteiger partial charge in [-0.15, -0.1) is 11.8 Å². The van der Waals surface area contributed by atoms with Crippen LogP contribution in [0.2, 0.25) is 5.15 Å². The molecule has 84 valence electrons. The van der Waals surface area contributed by atoms with E-state index in [9.17, 15) is 0 Å². The Balaban J connectivity index is 2.89.